The van der Waals surface area contributed by atoms with Crippen molar-refractivity contribution in [1.29, 1.82) is 0 Å². The smallest absolute Gasteiger partial charge is 0.128 e. The highest BCUT2D eigenvalue weighted by molar-refractivity contribution is 5.30. The first-order chi connectivity index (χ1) is 8.76. The lowest BCUT2D eigenvalue weighted by Crippen LogP contribution is -2.39. The zero-order valence-corrected chi connectivity index (χ0v) is 10.5. The highest BCUT2D eigenvalue weighted by atomic mass is 19.1. The zero-order valence-electron chi connectivity index (χ0n) is 10.5. The zero-order chi connectivity index (χ0) is 12.6. The summed E-state index contributed by atoms with van der Waals surface area (Å²) in [6, 6.07) is 6.95. The molecule has 1 aliphatic carbocycles. The van der Waals surface area contributed by atoms with E-state index in [1.165, 1.54) is 6.07 Å². The fourth-order valence-corrected chi connectivity index (χ4v) is 3.30. The molecule has 2 fully saturated rings. The Labute approximate surface area is 106 Å². The van der Waals surface area contributed by atoms with Crippen LogP contribution >= 0.6 is 0 Å². The van der Waals surface area contributed by atoms with E-state index in [0.29, 0.717) is 18.8 Å². The van der Waals surface area contributed by atoms with E-state index in [9.17, 15) is 4.39 Å². The Balaban J connectivity index is 1.95. The van der Waals surface area contributed by atoms with Crippen molar-refractivity contribution in [3.8, 4) is 0 Å². The van der Waals surface area contributed by atoms with Crippen LogP contribution in [0.3, 0.4) is 0 Å². The molecule has 98 valence electrons. The van der Waals surface area contributed by atoms with Crippen molar-refractivity contribution in [2.75, 3.05) is 13.2 Å². The van der Waals surface area contributed by atoms with Crippen molar-refractivity contribution in [2.45, 2.75) is 31.4 Å². The van der Waals surface area contributed by atoms with Crippen LogP contribution in [0.1, 0.15) is 25.3 Å². The molecule has 3 atom stereocenters. The lowest BCUT2D eigenvalue weighted by Gasteiger charge is -2.28. The van der Waals surface area contributed by atoms with Gasteiger partial charge < -0.3 is 9.57 Å². The summed E-state index contributed by atoms with van der Waals surface area (Å²) in [5.41, 5.74) is 3.35. The summed E-state index contributed by atoms with van der Waals surface area (Å²) in [5.74, 6) is 0.114. The van der Waals surface area contributed by atoms with E-state index in [4.69, 9.17) is 9.57 Å². The van der Waals surface area contributed by atoms with Crippen LogP contribution in [0.5, 0.6) is 0 Å². The Hall–Kier alpha value is -0.970. The largest absolute Gasteiger partial charge is 0.378 e. The molecule has 1 heterocycles. The quantitative estimate of drug-likeness (QED) is 0.894. The minimum absolute atomic E-state index is 0.169. The molecule has 1 aliphatic heterocycles. The number of benzene rings is 1. The molecule has 1 aromatic rings. The van der Waals surface area contributed by atoms with Gasteiger partial charge in [-0.2, -0.15) is 5.48 Å². The summed E-state index contributed by atoms with van der Waals surface area (Å²) < 4.78 is 19.8. The Morgan fingerprint density at radius 1 is 1.50 bits per heavy atom. The molecule has 4 heteroatoms. The van der Waals surface area contributed by atoms with E-state index < -0.39 is 5.54 Å². The summed E-state index contributed by atoms with van der Waals surface area (Å²) >= 11 is 0. The maximum Gasteiger partial charge on any atom is 0.128 e. The monoisotopic (exact) mass is 251 g/mol. The molecule has 3 nitrogen and oxygen atoms in total. The van der Waals surface area contributed by atoms with Gasteiger partial charge in [0.25, 0.3) is 0 Å². The van der Waals surface area contributed by atoms with Crippen LogP contribution in [0.4, 0.5) is 4.39 Å². The summed E-state index contributed by atoms with van der Waals surface area (Å²) in [4.78, 5) is 5.38. The fourth-order valence-electron chi connectivity index (χ4n) is 3.30. The van der Waals surface area contributed by atoms with Crippen molar-refractivity contribution in [1.82, 2.24) is 5.48 Å². The molecule has 0 radical (unpaired) electrons. The molecule has 1 aromatic carbocycles. The number of fused-ring (bicyclic) bond motifs is 1. The van der Waals surface area contributed by atoms with Crippen molar-refractivity contribution in [3.63, 3.8) is 0 Å². The van der Waals surface area contributed by atoms with Gasteiger partial charge in [-0.25, -0.2) is 4.39 Å². The summed E-state index contributed by atoms with van der Waals surface area (Å²) in [7, 11) is 0. The number of hydroxylamine groups is 1. The third kappa shape index (κ3) is 1.76. The van der Waals surface area contributed by atoms with Gasteiger partial charge in [-0.15, -0.1) is 0 Å². The average molecular weight is 251 g/mol. The fraction of sp³-hybridized carbons (Fsp3) is 0.571. The van der Waals surface area contributed by atoms with Crippen LogP contribution < -0.4 is 5.48 Å². The number of rotatable bonds is 3. The minimum atomic E-state index is -0.412. The molecule has 0 bridgehead atoms. The Kier molecular flexibility index (Phi) is 3.09. The molecule has 1 saturated heterocycles. The van der Waals surface area contributed by atoms with Gasteiger partial charge in [-0.3, -0.25) is 0 Å². The SMILES string of the molecule is CCO[C@@H]1C[C@H]2CON[C@@]2(c2ccccc2F)C1. The van der Waals surface area contributed by atoms with Gasteiger partial charge in [0.1, 0.15) is 5.82 Å². The van der Waals surface area contributed by atoms with Gasteiger partial charge in [0, 0.05) is 18.1 Å². The Morgan fingerprint density at radius 3 is 3.11 bits per heavy atom. The number of hydrogen-bond donors (Lipinski definition) is 1. The third-order valence-electron chi connectivity index (χ3n) is 4.09. The van der Waals surface area contributed by atoms with Crippen LogP contribution in [0, 0.1) is 11.7 Å². The molecule has 0 unspecified atom stereocenters. The molecule has 0 amide bonds. The minimum Gasteiger partial charge on any atom is -0.378 e. The maximum atomic E-state index is 14.1. The topological polar surface area (TPSA) is 30.5 Å². The van der Waals surface area contributed by atoms with Gasteiger partial charge >= 0.3 is 0 Å². The molecule has 1 N–H and O–H groups in total. The first-order valence-corrected chi connectivity index (χ1v) is 6.52. The first kappa shape index (κ1) is 12.1. The number of hydrogen-bond acceptors (Lipinski definition) is 3. The van der Waals surface area contributed by atoms with E-state index in [1.54, 1.807) is 6.07 Å². The highest BCUT2D eigenvalue weighted by Crippen LogP contribution is 2.48. The van der Waals surface area contributed by atoms with Crippen LogP contribution in [-0.4, -0.2) is 19.3 Å². The molecule has 3 rings (SSSR count). The van der Waals surface area contributed by atoms with E-state index in [0.717, 1.165) is 12.8 Å². The van der Waals surface area contributed by atoms with Crippen molar-refractivity contribution in [3.05, 3.63) is 35.6 Å². The van der Waals surface area contributed by atoms with Crippen molar-refractivity contribution in [2.24, 2.45) is 5.92 Å². The maximum absolute atomic E-state index is 14.1. The predicted molar refractivity (Wildman–Crippen MR) is 65.3 cm³/mol. The Bertz CT molecular complexity index is 440. The third-order valence-corrected chi connectivity index (χ3v) is 4.09. The average Bonchev–Trinajstić information content (AvgIpc) is 2.87. The van der Waals surface area contributed by atoms with Crippen LogP contribution in [0.25, 0.3) is 0 Å². The van der Waals surface area contributed by atoms with Gasteiger partial charge in [0.2, 0.25) is 0 Å². The van der Waals surface area contributed by atoms with Crippen LogP contribution in [-0.2, 0) is 15.1 Å². The van der Waals surface area contributed by atoms with Crippen LogP contribution in [0.15, 0.2) is 24.3 Å². The lowest BCUT2D eigenvalue weighted by molar-refractivity contribution is 0.0144. The van der Waals surface area contributed by atoms with Crippen LogP contribution in [0.2, 0.25) is 0 Å². The first-order valence-electron chi connectivity index (χ1n) is 6.52. The number of ether oxygens (including phenoxy) is 1. The second-order valence-electron chi connectivity index (χ2n) is 5.08. The number of nitrogens with one attached hydrogen (secondary N) is 1. The Morgan fingerprint density at radius 2 is 2.33 bits per heavy atom. The van der Waals surface area contributed by atoms with Gasteiger partial charge in [-0.05, 0) is 25.8 Å². The highest BCUT2D eigenvalue weighted by Gasteiger charge is 2.53. The molecule has 0 spiro atoms. The molecular formula is C14H18FNO2. The summed E-state index contributed by atoms with van der Waals surface area (Å²) in [6.07, 6.45) is 1.89. The molecule has 1 saturated carbocycles. The van der Waals surface area contributed by atoms with E-state index in [2.05, 4.69) is 5.48 Å². The molecule has 18 heavy (non-hydrogen) atoms. The van der Waals surface area contributed by atoms with Gasteiger partial charge in [0.05, 0.1) is 18.2 Å². The second kappa shape index (κ2) is 4.61. The molecule has 0 aromatic heterocycles. The molecular weight excluding hydrogens is 233 g/mol. The van der Waals surface area contributed by atoms with Crippen molar-refractivity contribution >= 4 is 0 Å². The lowest BCUT2D eigenvalue weighted by atomic mass is 9.82. The second-order valence-corrected chi connectivity index (χ2v) is 5.08. The predicted octanol–water partition coefficient (Wildman–Crippen LogP) is 2.37. The van der Waals surface area contributed by atoms with E-state index >= 15 is 0 Å². The standard InChI is InChI=1S/C14H18FNO2/c1-2-17-11-7-10-9-18-16-14(10,8-11)12-5-3-4-6-13(12)15/h3-6,10-11,16H,2,7-9H2,1H3/t10-,11+,14-/m0/s1. The number of halogens is 1. The molecule has 2 aliphatic rings. The summed E-state index contributed by atoms with van der Waals surface area (Å²) in [6.45, 7) is 3.32. The van der Waals surface area contributed by atoms with E-state index in [1.807, 2.05) is 19.1 Å². The van der Waals surface area contributed by atoms with Crippen molar-refractivity contribution < 1.29 is 14.0 Å². The normalized spacial score (nSPS) is 34.8. The van der Waals surface area contributed by atoms with Gasteiger partial charge in [0.15, 0.2) is 0 Å². The van der Waals surface area contributed by atoms with Gasteiger partial charge in [-0.1, -0.05) is 18.2 Å². The van der Waals surface area contributed by atoms with E-state index in [-0.39, 0.29) is 17.8 Å². The summed E-state index contributed by atoms with van der Waals surface area (Å²) in [5, 5.41) is 0.